The van der Waals surface area contributed by atoms with Crippen LogP contribution in [0, 0.1) is 10.1 Å². The zero-order valence-electron chi connectivity index (χ0n) is 7.01. The van der Waals surface area contributed by atoms with Crippen molar-refractivity contribution in [2.24, 2.45) is 0 Å². The number of halogens is 1. The molecule has 0 amide bonds. The molecular weight excluding hydrogens is 210 g/mol. The Labute approximate surface area is 83.9 Å². The van der Waals surface area contributed by atoms with Crippen LogP contribution < -0.4 is 0 Å². The van der Waals surface area contributed by atoms with Crippen molar-refractivity contribution in [1.29, 1.82) is 0 Å². The Balaban J connectivity index is 3.26. The molecule has 0 bridgehead atoms. The van der Waals surface area contributed by atoms with E-state index in [1.165, 1.54) is 6.08 Å². The predicted molar refractivity (Wildman–Crippen MR) is 49.3 cm³/mol. The topological polar surface area (TPSA) is 78.0 Å². The van der Waals surface area contributed by atoms with Gasteiger partial charge in [-0.3, -0.25) is 19.6 Å². The molecule has 0 saturated carbocycles. The summed E-state index contributed by atoms with van der Waals surface area (Å²) in [6.07, 6.45) is 2.44. The zero-order valence-corrected chi connectivity index (χ0v) is 7.77. The quantitative estimate of drug-likeness (QED) is 0.329. The first-order chi connectivity index (χ1) is 6.57. The van der Waals surface area contributed by atoms with Crippen LogP contribution in [0.15, 0.2) is 18.9 Å². The van der Waals surface area contributed by atoms with Crippen molar-refractivity contribution in [2.45, 2.75) is 6.54 Å². The van der Waals surface area contributed by atoms with Gasteiger partial charge >= 0.3 is 5.69 Å². The summed E-state index contributed by atoms with van der Waals surface area (Å²) in [6.45, 7) is 3.62. The third kappa shape index (κ3) is 1.80. The molecule has 0 aromatic carbocycles. The Morgan fingerprint density at radius 1 is 1.86 bits per heavy atom. The Morgan fingerprint density at radius 3 is 2.93 bits per heavy atom. The van der Waals surface area contributed by atoms with E-state index in [9.17, 15) is 14.9 Å². The van der Waals surface area contributed by atoms with Gasteiger partial charge < -0.3 is 0 Å². The molecule has 1 aromatic heterocycles. The molecule has 0 radical (unpaired) electrons. The van der Waals surface area contributed by atoms with Crippen molar-refractivity contribution < 1.29 is 9.72 Å². The van der Waals surface area contributed by atoms with Crippen LogP contribution in [0.3, 0.4) is 0 Å². The molecule has 0 aliphatic carbocycles. The highest BCUT2D eigenvalue weighted by Gasteiger charge is 2.24. The highest BCUT2D eigenvalue weighted by molar-refractivity contribution is 6.67. The summed E-state index contributed by atoms with van der Waals surface area (Å²) in [4.78, 5) is 20.6. The summed E-state index contributed by atoms with van der Waals surface area (Å²) in [5.41, 5.74) is -0.622. The number of hydrogen-bond donors (Lipinski definition) is 0. The van der Waals surface area contributed by atoms with Gasteiger partial charge in [0.15, 0.2) is 5.69 Å². The van der Waals surface area contributed by atoms with Gasteiger partial charge in [0.05, 0.1) is 11.5 Å². The van der Waals surface area contributed by atoms with Gasteiger partial charge in [-0.1, -0.05) is 6.08 Å². The van der Waals surface area contributed by atoms with E-state index in [4.69, 9.17) is 11.6 Å². The molecule has 14 heavy (non-hydrogen) atoms. The van der Waals surface area contributed by atoms with E-state index in [-0.39, 0.29) is 12.2 Å². The van der Waals surface area contributed by atoms with Gasteiger partial charge in [-0.15, -0.1) is 6.58 Å². The fourth-order valence-electron chi connectivity index (χ4n) is 0.972. The van der Waals surface area contributed by atoms with Crippen LogP contribution in [-0.2, 0) is 6.54 Å². The van der Waals surface area contributed by atoms with E-state index >= 15 is 0 Å². The molecule has 1 rings (SSSR count). The number of nitrogens with zero attached hydrogens (tertiary/aromatic N) is 3. The fraction of sp³-hybridized carbons (Fsp3) is 0.143. The second kappa shape index (κ2) is 4.01. The minimum absolute atomic E-state index is 0.196. The average Bonchev–Trinajstić information content (AvgIpc) is 2.48. The van der Waals surface area contributed by atoms with Crippen molar-refractivity contribution in [3.05, 3.63) is 34.7 Å². The Kier molecular flexibility index (Phi) is 2.98. The van der Waals surface area contributed by atoms with Crippen LogP contribution in [-0.4, -0.2) is 19.9 Å². The summed E-state index contributed by atoms with van der Waals surface area (Å²) in [5.74, 6) is 0. The molecule has 1 aromatic rings. The molecule has 74 valence electrons. The molecule has 0 N–H and O–H groups in total. The summed E-state index contributed by atoms with van der Waals surface area (Å²) in [5, 5.41) is 13.2. The molecule has 0 saturated heterocycles. The maximum Gasteiger partial charge on any atom is 0.319 e. The van der Waals surface area contributed by atoms with Gasteiger partial charge in [0.1, 0.15) is 6.20 Å². The van der Waals surface area contributed by atoms with Crippen molar-refractivity contribution in [1.82, 2.24) is 9.78 Å². The maximum atomic E-state index is 10.9. The molecule has 0 fully saturated rings. The smallest absolute Gasteiger partial charge is 0.274 e. The lowest BCUT2D eigenvalue weighted by Gasteiger charge is -1.97. The number of nitro groups is 1. The number of allylic oxidation sites excluding steroid dienone is 1. The molecule has 6 nitrogen and oxygen atoms in total. The van der Waals surface area contributed by atoms with Crippen molar-refractivity contribution in [3.63, 3.8) is 0 Å². The van der Waals surface area contributed by atoms with Gasteiger partial charge in [0.25, 0.3) is 5.24 Å². The van der Waals surface area contributed by atoms with Crippen LogP contribution in [0.2, 0.25) is 0 Å². The van der Waals surface area contributed by atoms with E-state index in [1.54, 1.807) is 0 Å². The first kappa shape index (κ1) is 10.4. The third-order valence-electron chi connectivity index (χ3n) is 1.51. The van der Waals surface area contributed by atoms with Crippen molar-refractivity contribution >= 4 is 22.5 Å². The fourth-order valence-corrected chi connectivity index (χ4v) is 1.17. The predicted octanol–water partition coefficient (Wildman–Crippen LogP) is 1.36. The number of aromatic nitrogens is 2. The lowest BCUT2D eigenvalue weighted by molar-refractivity contribution is -0.385. The summed E-state index contributed by atoms with van der Waals surface area (Å²) in [6, 6.07) is 0. The Bertz CT molecular complexity index is 399. The number of carbonyl (C=O) groups is 1. The normalized spacial score (nSPS) is 9.79. The van der Waals surface area contributed by atoms with Gasteiger partial charge in [0, 0.05) is 0 Å². The second-order valence-electron chi connectivity index (χ2n) is 2.38. The molecule has 0 spiro atoms. The monoisotopic (exact) mass is 215 g/mol. The van der Waals surface area contributed by atoms with E-state index in [2.05, 4.69) is 11.7 Å². The minimum Gasteiger partial charge on any atom is -0.274 e. The molecule has 0 atom stereocenters. The van der Waals surface area contributed by atoms with E-state index in [0.717, 1.165) is 10.9 Å². The lowest BCUT2D eigenvalue weighted by Crippen LogP contribution is -2.07. The average molecular weight is 216 g/mol. The maximum absolute atomic E-state index is 10.9. The molecule has 0 aliphatic heterocycles. The van der Waals surface area contributed by atoms with Crippen LogP contribution in [0.4, 0.5) is 5.69 Å². The molecule has 1 heterocycles. The van der Waals surface area contributed by atoms with Crippen LogP contribution >= 0.6 is 11.6 Å². The first-order valence-electron chi connectivity index (χ1n) is 3.59. The SMILES string of the molecule is C=CCn1ncc([N+](=O)[O-])c1C(=O)Cl. The molecule has 0 unspecified atom stereocenters. The zero-order chi connectivity index (χ0) is 10.7. The second-order valence-corrected chi connectivity index (χ2v) is 2.72. The third-order valence-corrected chi connectivity index (χ3v) is 1.68. The first-order valence-corrected chi connectivity index (χ1v) is 3.96. The largest absolute Gasteiger partial charge is 0.319 e. The van der Waals surface area contributed by atoms with E-state index < -0.39 is 15.9 Å². The standard InChI is InChI=1S/C7H6ClN3O3/c1-2-3-10-6(7(8)12)5(4-9-10)11(13)14/h2,4H,1,3H2. The molecule has 0 aliphatic rings. The van der Waals surface area contributed by atoms with Gasteiger partial charge in [-0.2, -0.15) is 5.10 Å². The highest BCUT2D eigenvalue weighted by Crippen LogP contribution is 2.19. The Hall–Kier alpha value is -1.69. The molecule has 7 heteroatoms. The number of rotatable bonds is 4. The Morgan fingerprint density at radius 2 is 2.50 bits per heavy atom. The van der Waals surface area contributed by atoms with Gasteiger partial charge in [-0.25, -0.2) is 0 Å². The lowest BCUT2D eigenvalue weighted by atomic mass is 10.4. The highest BCUT2D eigenvalue weighted by atomic mass is 35.5. The van der Waals surface area contributed by atoms with E-state index in [0.29, 0.717) is 0 Å². The molecular formula is C7H6ClN3O3. The van der Waals surface area contributed by atoms with Crippen LogP contribution in [0.1, 0.15) is 10.5 Å². The minimum atomic E-state index is -0.906. The number of hydrogen-bond acceptors (Lipinski definition) is 4. The number of carbonyl (C=O) groups excluding carboxylic acids is 1. The summed E-state index contributed by atoms with van der Waals surface area (Å²) < 4.78 is 1.13. The van der Waals surface area contributed by atoms with Gasteiger partial charge in [-0.05, 0) is 11.6 Å². The van der Waals surface area contributed by atoms with Crippen molar-refractivity contribution in [2.75, 3.05) is 0 Å². The van der Waals surface area contributed by atoms with Crippen LogP contribution in [0.5, 0.6) is 0 Å². The summed E-state index contributed by atoms with van der Waals surface area (Å²) >= 11 is 5.20. The van der Waals surface area contributed by atoms with Crippen molar-refractivity contribution in [3.8, 4) is 0 Å². The van der Waals surface area contributed by atoms with Crippen LogP contribution in [0.25, 0.3) is 0 Å². The van der Waals surface area contributed by atoms with E-state index in [1.807, 2.05) is 0 Å². The van der Waals surface area contributed by atoms with Gasteiger partial charge in [0.2, 0.25) is 0 Å². The summed E-state index contributed by atoms with van der Waals surface area (Å²) in [7, 11) is 0.